The third-order valence-corrected chi connectivity index (χ3v) is 3.94. The zero-order chi connectivity index (χ0) is 14.8. The van der Waals surface area contributed by atoms with Crippen LogP contribution in [0.4, 0.5) is 0 Å². The quantitative estimate of drug-likeness (QED) is 0.835. The topological polar surface area (TPSA) is 91.9 Å². The van der Waals surface area contributed by atoms with Gasteiger partial charge in [0.1, 0.15) is 15.7 Å². The summed E-state index contributed by atoms with van der Waals surface area (Å²) in [7, 11) is -3.03. The molecule has 1 atom stereocenters. The molecule has 2 N–H and O–H groups in total. The van der Waals surface area contributed by atoms with E-state index in [1.807, 2.05) is 6.07 Å². The first-order valence-corrected chi connectivity index (χ1v) is 8.30. The number of H-pyrrole nitrogens is 1. The Balaban J connectivity index is 2.13. The van der Waals surface area contributed by atoms with Gasteiger partial charge in [-0.25, -0.2) is 13.4 Å². The van der Waals surface area contributed by atoms with Gasteiger partial charge in [0.05, 0.1) is 23.2 Å². The van der Waals surface area contributed by atoms with Crippen molar-refractivity contribution in [1.82, 2.24) is 15.3 Å². The first kappa shape index (κ1) is 14.7. The van der Waals surface area contributed by atoms with E-state index < -0.39 is 9.84 Å². The summed E-state index contributed by atoms with van der Waals surface area (Å²) in [5, 5.41) is 3.58. The molecule has 2 aromatic rings. The van der Waals surface area contributed by atoms with Gasteiger partial charge in [0, 0.05) is 12.3 Å². The number of hydrogen-bond acceptors (Lipinski definition) is 5. The minimum Gasteiger partial charge on any atom is -0.309 e. The lowest BCUT2D eigenvalue weighted by molar-refractivity contribution is 0.551. The van der Waals surface area contributed by atoms with Crippen LogP contribution in [0.3, 0.4) is 0 Å². The van der Waals surface area contributed by atoms with Gasteiger partial charge in [0.15, 0.2) is 0 Å². The maximum absolute atomic E-state index is 11.9. The van der Waals surface area contributed by atoms with Crippen LogP contribution in [0.1, 0.15) is 12.7 Å². The molecule has 0 saturated carbocycles. The molecule has 7 heteroatoms. The Labute approximate surface area is 117 Å². The van der Waals surface area contributed by atoms with E-state index in [2.05, 4.69) is 15.3 Å². The summed E-state index contributed by atoms with van der Waals surface area (Å²) in [4.78, 5) is 18.9. The number of aromatic nitrogens is 2. The smallest absolute Gasteiger partial charge is 0.258 e. The lowest BCUT2D eigenvalue weighted by Crippen LogP contribution is -2.33. The molecule has 6 nitrogen and oxygen atoms in total. The Morgan fingerprint density at radius 1 is 1.35 bits per heavy atom. The minimum absolute atomic E-state index is 0.0464. The predicted molar refractivity (Wildman–Crippen MR) is 78.4 cm³/mol. The molecule has 1 heterocycles. The van der Waals surface area contributed by atoms with E-state index in [-0.39, 0.29) is 17.4 Å². The Morgan fingerprint density at radius 3 is 2.75 bits per heavy atom. The largest absolute Gasteiger partial charge is 0.309 e. The van der Waals surface area contributed by atoms with Crippen molar-refractivity contribution in [1.29, 1.82) is 0 Å². The number of para-hydroxylation sites is 1. The van der Waals surface area contributed by atoms with Crippen LogP contribution in [0.25, 0.3) is 10.9 Å². The number of sulfone groups is 1. The van der Waals surface area contributed by atoms with Crippen molar-refractivity contribution in [3.05, 3.63) is 40.4 Å². The molecule has 0 aliphatic rings. The maximum atomic E-state index is 11.9. The van der Waals surface area contributed by atoms with Crippen molar-refractivity contribution in [2.75, 3.05) is 12.0 Å². The van der Waals surface area contributed by atoms with E-state index in [9.17, 15) is 13.2 Å². The molecule has 0 radical (unpaired) electrons. The SMILES string of the molecule is CC(CS(C)(=O)=O)NCc1nc2ccccc2c(=O)[nH]1. The van der Waals surface area contributed by atoms with E-state index in [4.69, 9.17) is 0 Å². The third kappa shape index (κ3) is 3.88. The summed E-state index contributed by atoms with van der Waals surface area (Å²) < 4.78 is 22.3. The summed E-state index contributed by atoms with van der Waals surface area (Å²) in [6.45, 7) is 2.09. The number of rotatable bonds is 5. The Hall–Kier alpha value is -1.73. The van der Waals surface area contributed by atoms with Crippen LogP contribution in [0.15, 0.2) is 29.1 Å². The van der Waals surface area contributed by atoms with Gasteiger partial charge in [-0.2, -0.15) is 0 Å². The van der Waals surface area contributed by atoms with Crippen LogP contribution in [-0.4, -0.2) is 36.4 Å². The highest BCUT2D eigenvalue weighted by Crippen LogP contribution is 2.05. The fourth-order valence-corrected chi connectivity index (χ4v) is 3.03. The molecule has 0 bridgehead atoms. The molecule has 0 spiro atoms. The minimum atomic E-state index is -3.03. The van der Waals surface area contributed by atoms with Gasteiger partial charge in [-0.15, -0.1) is 0 Å². The number of hydrogen-bond donors (Lipinski definition) is 2. The van der Waals surface area contributed by atoms with Crippen LogP contribution in [0.5, 0.6) is 0 Å². The molecule has 0 aliphatic carbocycles. The average Bonchev–Trinajstić information content (AvgIpc) is 2.34. The van der Waals surface area contributed by atoms with Crippen LogP contribution < -0.4 is 10.9 Å². The van der Waals surface area contributed by atoms with Gasteiger partial charge >= 0.3 is 0 Å². The fraction of sp³-hybridized carbons (Fsp3) is 0.385. The van der Waals surface area contributed by atoms with Gasteiger partial charge in [0.2, 0.25) is 0 Å². The average molecular weight is 295 g/mol. The van der Waals surface area contributed by atoms with E-state index in [0.29, 0.717) is 23.3 Å². The van der Waals surface area contributed by atoms with Crippen LogP contribution in [0.2, 0.25) is 0 Å². The molecule has 1 aromatic heterocycles. The Kier molecular flexibility index (Phi) is 4.20. The normalized spacial score (nSPS) is 13.5. The lowest BCUT2D eigenvalue weighted by Gasteiger charge is -2.12. The highest BCUT2D eigenvalue weighted by atomic mass is 32.2. The molecule has 0 saturated heterocycles. The van der Waals surface area contributed by atoms with Crippen molar-refractivity contribution < 1.29 is 8.42 Å². The van der Waals surface area contributed by atoms with E-state index in [0.717, 1.165) is 0 Å². The number of nitrogens with zero attached hydrogens (tertiary/aromatic N) is 1. The molecule has 0 fully saturated rings. The van der Waals surface area contributed by atoms with E-state index in [1.165, 1.54) is 6.26 Å². The molecule has 1 aromatic carbocycles. The van der Waals surface area contributed by atoms with Crippen molar-refractivity contribution in [2.45, 2.75) is 19.5 Å². The zero-order valence-electron chi connectivity index (χ0n) is 11.4. The Bertz CT molecular complexity index is 768. The monoisotopic (exact) mass is 295 g/mol. The van der Waals surface area contributed by atoms with Gasteiger partial charge in [-0.3, -0.25) is 4.79 Å². The van der Waals surface area contributed by atoms with Crippen molar-refractivity contribution in [2.24, 2.45) is 0 Å². The first-order chi connectivity index (χ1) is 9.35. The molecular formula is C13H17N3O3S. The summed E-state index contributed by atoms with van der Waals surface area (Å²) >= 11 is 0. The summed E-state index contributed by atoms with van der Waals surface area (Å²) in [5.41, 5.74) is 0.437. The second-order valence-electron chi connectivity index (χ2n) is 4.90. The maximum Gasteiger partial charge on any atom is 0.258 e. The molecule has 0 aliphatic heterocycles. The Morgan fingerprint density at radius 2 is 2.05 bits per heavy atom. The highest BCUT2D eigenvalue weighted by molar-refractivity contribution is 7.90. The lowest BCUT2D eigenvalue weighted by atomic mass is 10.2. The fourth-order valence-electron chi connectivity index (χ4n) is 2.00. The third-order valence-electron chi connectivity index (χ3n) is 2.83. The molecule has 108 valence electrons. The molecule has 0 amide bonds. The molecular weight excluding hydrogens is 278 g/mol. The standard InChI is InChI=1S/C13H17N3O3S/c1-9(8-20(2,18)19)14-7-12-15-11-6-4-3-5-10(11)13(17)16-12/h3-6,9,14H,7-8H2,1-2H3,(H,15,16,17). The van der Waals surface area contributed by atoms with Gasteiger partial charge in [-0.1, -0.05) is 12.1 Å². The van der Waals surface area contributed by atoms with Crippen molar-refractivity contribution in [3.63, 3.8) is 0 Å². The van der Waals surface area contributed by atoms with Crippen molar-refractivity contribution in [3.8, 4) is 0 Å². The molecule has 20 heavy (non-hydrogen) atoms. The number of aromatic amines is 1. The molecule has 1 unspecified atom stereocenters. The predicted octanol–water partition coefficient (Wildman–Crippen LogP) is 0.446. The second-order valence-corrected chi connectivity index (χ2v) is 7.09. The number of fused-ring (bicyclic) bond motifs is 1. The highest BCUT2D eigenvalue weighted by Gasteiger charge is 2.10. The summed E-state index contributed by atoms with van der Waals surface area (Å²) in [6.07, 6.45) is 1.20. The van der Waals surface area contributed by atoms with Gasteiger partial charge in [-0.05, 0) is 19.1 Å². The first-order valence-electron chi connectivity index (χ1n) is 6.24. The van der Waals surface area contributed by atoms with E-state index >= 15 is 0 Å². The van der Waals surface area contributed by atoms with Crippen LogP contribution >= 0.6 is 0 Å². The van der Waals surface area contributed by atoms with Gasteiger partial charge < -0.3 is 10.3 Å². The van der Waals surface area contributed by atoms with E-state index in [1.54, 1.807) is 25.1 Å². The van der Waals surface area contributed by atoms with Crippen LogP contribution in [0, 0.1) is 0 Å². The molecule has 2 rings (SSSR count). The van der Waals surface area contributed by atoms with Gasteiger partial charge in [0.25, 0.3) is 5.56 Å². The second kappa shape index (κ2) is 5.72. The summed E-state index contributed by atoms with van der Waals surface area (Å²) in [6, 6.07) is 6.88. The summed E-state index contributed by atoms with van der Waals surface area (Å²) in [5.74, 6) is 0.541. The van der Waals surface area contributed by atoms with Crippen molar-refractivity contribution >= 4 is 20.7 Å². The zero-order valence-corrected chi connectivity index (χ0v) is 12.2. The number of nitrogens with one attached hydrogen (secondary N) is 2. The van der Waals surface area contributed by atoms with Crippen LogP contribution in [-0.2, 0) is 16.4 Å². The number of benzene rings is 1.